The standard InChI is InChI=1S/C17H20ClN3O2.C6H6O3S/c18-15-11-13(19)5-8-16(15)23-10-2-1-9-22-14-6-3-12(4-7-14)17(20)21;7-10(8,9)6-4-2-1-3-5-6/h3-8,11H,1-2,9-10,19H2,(H3,20,21);1-5H,(H,7,8,9). The lowest BCUT2D eigenvalue weighted by molar-refractivity contribution is 0.266. The molecule has 0 aliphatic heterocycles. The van der Waals surface area contributed by atoms with Crippen molar-refractivity contribution in [3.05, 3.63) is 83.4 Å². The van der Waals surface area contributed by atoms with Gasteiger partial charge in [-0.3, -0.25) is 9.96 Å². The summed E-state index contributed by atoms with van der Waals surface area (Å²) in [7, 11) is -4.00. The third-order valence-electron chi connectivity index (χ3n) is 4.23. The Hall–Kier alpha value is -3.27. The van der Waals surface area contributed by atoms with Gasteiger partial charge >= 0.3 is 0 Å². The van der Waals surface area contributed by atoms with Gasteiger partial charge in [-0.1, -0.05) is 29.8 Å². The van der Waals surface area contributed by atoms with Gasteiger partial charge in [-0.2, -0.15) is 8.42 Å². The van der Waals surface area contributed by atoms with Gasteiger partial charge < -0.3 is 20.9 Å². The zero-order valence-electron chi connectivity index (χ0n) is 17.8. The fourth-order valence-electron chi connectivity index (χ4n) is 2.53. The minimum atomic E-state index is -4.00. The Morgan fingerprint density at radius 3 is 2.06 bits per heavy atom. The number of hydrogen-bond donors (Lipinski definition) is 4. The lowest BCUT2D eigenvalue weighted by atomic mass is 10.2. The Labute approximate surface area is 198 Å². The molecule has 6 N–H and O–H groups in total. The Morgan fingerprint density at radius 1 is 0.939 bits per heavy atom. The molecule has 0 heterocycles. The van der Waals surface area contributed by atoms with E-state index in [0.29, 0.717) is 35.2 Å². The molecule has 0 bridgehead atoms. The van der Waals surface area contributed by atoms with Crippen molar-refractivity contribution in [2.24, 2.45) is 5.73 Å². The Bertz CT molecular complexity index is 1140. The quantitative estimate of drug-likeness (QED) is 0.114. The molecule has 3 rings (SSSR count). The second-order valence-corrected chi connectivity index (χ2v) is 8.65. The van der Waals surface area contributed by atoms with Crippen LogP contribution in [0.3, 0.4) is 0 Å². The Balaban J connectivity index is 0.000000321. The number of unbranched alkanes of at least 4 members (excludes halogenated alkanes) is 1. The summed E-state index contributed by atoms with van der Waals surface area (Å²) in [6, 6.07) is 19.8. The number of rotatable bonds is 9. The maximum Gasteiger partial charge on any atom is 0.294 e. The highest BCUT2D eigenvalue weighted by molar-refractivity contribution is 7.85. The zero-order valence-corrected chi connectivity index (χ0v) is 19.4. The lowest BCUT2D eigenvalue weighted by Crippen LogP contribution is -2.10. The fraction of sp³-hybridized carbons (Fsp3) is 0.174. The molecule has 8 nitrogen and oxygen atoms in total. The first-order valence-corrected chi connectivity index (χ1v) is 11.8. The van der Waals surface area contributed by atoms with Gasteiger partial charge in [0.05, 0.1) is 23.1 Å². The average molecular weight is 492 g/mol. The monoisotopic (exact) mass is 491 g/mol. The number of halogens is 1. The van der Waals surface area contributed by atoms with Crippen LogP contribution < -0.4 is 20.9 Å². The van der Waals surface area contributed by atoms with Crippen LogP contribution in [0.25, 0.3) is 0 Å². The molecule has 0 saturated carbocycles. The average Bonchev–Trinajstić information content (AvgIpc) is 2.78. The highest BCUT2D eigenvalue weighted by Gasteiger charge is 2.06. The van der Waals surface area contributed by atoms with Crippen molar-refractivity contribution in [1.29, 1.82) is 5.41 Å². The van der Waals surface area contributed by atoms with Crippen LogP contribution in [0.5, 0.6) is 11.5 Å². The van der Waals surface area contributed by atoms with E-state index in [1.54, 1.807) is 60.7 Å². The highest BCUT2D eigenvalue weighted by Crippen LogP contribution is 2.26. The molecule has 0 aliphatic carbocycles. The Morgan fingerprint density at radius 2 is 1.55 bits per heavy atom. The van der Waals surface area contributed by atoms with E-state index >= 15 is 0 Å². The van der Waals surface area contributed by atoms with Gasteiger partial charge in [-0.05, 0) is 67.4 Å². The van der Waals surface area contributed by atoms with Crippen molar-refractivity contribution >= 4 is 33.2 Å². The molecule has 0 atom stereocenters. The summed E-state index contributed by atoms with van der Waals surface area (Å²) in [6.45, 7) is 1.16. The van der Waals surface area contributed by atoms with Gasteiger partial charge in [0.25, 0.3) is 10.1 Å². The van der Waals surface area contributed by atoms with E-state index in [9.17, 15) is 8.42 Å². The fourth-order valence-corrected chi connectivity index (χ4v) is 3.28. The maximum absolute atomic E-state index is 10.4. The van der Waals surface area contributed by atoms with E-state index < -0.39 is 10.1 Å². The molecular formula is C23H26ClN3O5S. The number of benzene rings is 3. The maximum atomic E-state index is 10.4. The van der Waals surface area contributed by atoms with Gasteiger partial charge in [0, 0.05) is 11.3 Å². The summed E-state index contributed by atoms with van der Waals surface area (Å²) in [5.74, 6) is 1.45. The van der Waals surface area contributed by atoms with Crippen LogP contribution in [0.2, 0.25) is 5.02 Å². The SMILES string of the molecule is N=C(N)c1ccc(OCCCCOc2ccc(N)cc2Cl)cc1.O=S(=O)(O)c1ccccc1. The van der Waals surface area contributed by atoms with Gasteiger partial charge in [-0.15, -0.1) is 0 Å². The predicted molar refractivity (Wildman–Crippen MR) is 130 cm³/mol. The topological polar surface area (TPSA) is 149 Å². The van der Waals surface area contributed by atoms with Crippen LogP contribution in [-0.2, 0) is 10.1 Å². The summed E-state index contributed by atoms with van der Waals surface area (Å²) in [5.41, 5.74) is 12.3. The summed E-state index contributed by atoms with van der Waals surface area (Å²) in [6.07, 6.45) is 1.72. The van der Waals surface area contributed by atoms with Gasteiger partial charge in [0.2, 0.25) is 0 Å². The number of nitrogens with one attached hydrogen (secondary N) is 1. The number of ether oxygens (including phenoxy) is 2. The van der Waals surface area contributed by atoms with Crippen LogP contribution in [-0.4, -0.2) is 32.0 Å². The minimum Gasteiger partial charge on any atom is -0.494 e. The second kappa shape index (κ2) is 12.7. The van der Waals surface area contributed by atoms with E-state index in [1.165, 1.54) is 12.1 Å². The van der Waals surface area contributed by atoms with Crippen LogP contribution in [0.4, 0.5) is 5.69 Å². The molecule has 0 saturated heterocycles. The summed E-state index contributed by atoms with van der Waals surface area (Å²) in [4.78, 5) is -0.0741. The van der Waals surface area contributed by atoms with Crippen molar-refractivity contribution in [1.82, 2.24) is 0 Å². The van der Waals surface area contributed by atoms with Crippen molar-refractivity contribution in [2.45, 2.75) is 17.7 Å². The lowest BCUT2D eigenvalue weighted by Gasteiger charge is -2.09. The third-order valence-corrected chi connectivity index (χ3v) is 5.39. The smallest absolute Gasteiger partial charge is 0.294 e. The molecule has 3 aromatic carbocycles. The van der Waals surface area contributed by atoms with E-state index in [2.05, 4.69) is 0 Å². The summed E-state index contributed by atoms with van der Waals surface area (Å²) in [5, 5.41) is 7.84. The molecule has 0 aliphatic rings. The highest BCUT2D eigenvalue weighted by atomic mass is 35.5. The molecule has 0 amide bonds. The second-order valence-electron chi connectivity index (χ2n) is 6.82. The van der Waals surface area contributed by atoms with Crippen LogP contribution in [0, 0.1) is 5.41 Å². The van der Waals surface area contributed by atoms with Gasteiger partial charge in [0.15, 0.2) is 0 Å². The van der Waals surface area contributed by atoms with Crippen LogP contribution in [0.1, 0.15) is 18.4 Å². The molecule has 0 fully saturated rings. The molecule has 3 aromatic rings. The van der Waals surface area contributed by atoms with Crippen LogP contribution in [0.15, 0.2) is 77.7 Å². The first kappa shape index (κ1) is 26.0. The molecular weight excluding hydrogens is 466 g/mol. The summed E-state index contributed by atoms with van der Waals surface area (Å²) >= 11 is 6.03. The summed E-state index contributed by atoms with van der Waals surface area (Å²) < 4.78 is 40.5. The molecule has 0 spiro atoms. The number of anilines is 1. The van der Waals surface area contributed by atoms with E-state index in [1.807, 2.05) is 0 Å². The van der Waals surface area contributed by atoms with Gasteiger partial charge in [0.1, 0.15) is 17.3 Å². The van der Waals surface area contributed by atoms with Crippen molar-refractivity contribution < 1.29 is 22.4 Å². The Kier molecular flexibility index (Phi) is 9.99. The molecule has 33 heavy (non-hydrogen) atoms. The molecule has 0 unspecified atom stereocenters. The first-order chi connectivity index (χ1) is 15.7. The normalized spacial score (nSPS) is 10.6. The van der Waals surface area contributed by atoms with Crippen molar-refractivity contribution in [3.63, 3.8) is 0 Å². The third kappa shape index (κ3) is 9.40. The predicted octanol–water partition coefficient (Wildman–Crippen LogP) is 4.38. The number of nitrogen functional groups attached to an aromatic ring is 2. The molecule has 10 heteroatoms. The number of amidine groups is 1. The largest absolute Gasteiger partial charge is 0.494 e. The zero-order chi connectivity index (χ0) is 24.3. The number of hydrogen-bond acceptors (Lipinski definition) is 6. The molecule has 0 aromatic heterocycles. The number of nitrogens with two attached hydrogens (primary N) is 2. The van der Waals surface area contributed by atoms with Crippen LogP contribution >= 0.6 is 11.6 Å². The van der Waals surface area contributed by atoms with Crippen molar-refractivity contribution in [2.75, 3.05) is 18.9 Å². The molecule has 176 valence electrons. The minimum absolute atomic E-state index is 0.0510. The van der Waals surface area contributed by atoms with E-state index in [-0.39, 0.29) is 10.7 Å². The van der Waals surface area contributed by atoms with E-state index in [0.717, 1.165) is 18.6 Å². The molecule has 0 radical (unpaired) electrons. The van der Waals surface area contributed by atoms with Crippen molar-refractivity contribution in [3.8, 4) is 11.5 Å². The van der Waals surface area contributed by atoms with E-state index in [4.69, 9.17) is 42.5 Å². The van der Waals surface area contributed by atoms with Gasteiger partial charge in [-0.25, -0.2) is 0 Å². The first-order valence-electron chi connectivity index (χ1n) is 9.94.